The number of aromatic nitrogens is 2. The lowest BCUT2D eigenvalue weighted by Crippen LogP contribution is -2.19. The number of nitrogen functional groups attached to an aromatic ring is 1. The highest BCUT2D eigenvalue weighted by Crippen LogP contribution is 2.37. The van der Waals surface area contributed by atoms with Crippen molar-refractivity contribution in [1.82, 2.24) is 9.97 Å². The van der Waals surface area contributed by atoms with Crippen molar-refractivity contribution in [2.45, 2.75) is 32.2 Å². The molecule has 1 aromatic heterocycles. The van der Waals surface area contributed by atoms with E-state index in [0.29, 0.717) is 41.6 Å². The van der Waals surface area contributed by atoms with Crippen LogP contribution in [0.15, 0.2) is 30.3 Å². The minimum Gasteiger partial charge on any atom is -0.495 e. The van der Waals surface area contributed by atoms with Crippen molar-refractivity contribution in [2.24, 2.45) is 5.73 Å². The number of ether oxygens (including phenoxy) is 2. The molecule has 1 atom stereocenters. The third-order valence-corrected chi connectivity index (χ3v) is 5.15. The van der Waals surface area contributed by atoms with E-state index in [1.807, 2.05) is 12.1 Å². The minimum atomic E-state index is -3.01. The van der Waals surface area contributed by atoms with Gasteiger partial charge in [-0.05, 0) is 44.7 Å². The van der Waals surface area contributed by atoms with Crippen molar-refractivity contribution in [3.8, 4) is 17.0 Å². The van der Waals surface area contributed by atoms with Gasteiger partial charge in [0.15, 0.2) is 0 Å². The molecule has 1 aliphatic rings. The van der Waals surface area contributed by atoms with Crippen LogP contribution < -0.4 is 21.5 Å². The zero-order valence-electron chi connectivity index (χ0n) is 18.7. The molecule has 0 saturated carbocycles. The van der Waals surface area contributed by atoms with Gasteiger partial charge in [-0.1, -0.05) is 0 Å². The summed E-state index contributed by atoms with van der Waals surface area (Å²) in [6.07, 6.45) is 0.891. The molecule has 7 nitrogen and oxygen atoms in total. The zero-order chi connectivity index (χ0) is 23.5. The molecule has 1 unspecified atom stereocenters. The maximum absolute atomic E-state index is 14.0. The summed E-state index contributed by atoms with van der Waals surface area (Å²) in [5.74, 6) is -1.84. The second kappa shape index (κ2) is 9.62. The first-order valence-electron chi connectivity index (χ1n) is 10.3. The largest absolute Gasteiger partial charge is 0.495 e. The Hall–Kier alpha value is -3.04. The third-order valence-electron chi connectivity index (χ3n) is 5.15. The highest BCUT2D eigenvalue weighted by molar-refractivity contribution is 5.96. The molecule has 0 spiro atoms. The number of nitrogens with two attached hydrogens (primary N) is 2. The molecule has 5 N–H and O–H groups in total. The summed E-state index contributed by atoms with van der Waals surface area (Å²) in [6, 6.07) is 8.26. The molecule has 2 heterocycles. The molecule has 0 aliphatic carbocycles. The standard InChI is InChI=1S/C22H24F2N4O2.CH5N/c1-12-26-18-10-20(29-3)19(28-16-4-5-30-11-16)9-17(18)21(27-12)13-6-14(22(2,23)24)8-15(25)7-13;1-2/h6-10,16,28H,4-5,11,25H2,1-3H3;2H2,1H3. The van der Waals surface area contributed by atoms with Gasteiger partial charge >= 0.3 is 0 Å². The summed E-state index contributed by atoms with van der Waals surface area (Å²) in [4.78, 5) is 9.07. The lowest BCUT2D eigenvalue weighted by atomic mass is 10.00. The Morgan fingerprint density at radius 2 is 1.91 bits per heavy atom. The third kappa shape index (κ3) is 5.05. The van der Waals surface area contributed by atoms with E-state index < -0.39 is 5.92 Å². The smallest absolute Gasteiger partial charge is 0.270 e. The van der Waals surface area contributed by atoms with E-state index in [1.54, 1.807) is 20.1 Å². The molecule has 2 aromatic carbocycles. The van der Waals surface area contributed by atoms with Crippen LogP contribution >= 0.6 is 0 Å². The molecule has 1 fully saturated rings. The highest BCUT2D eigenvalue weighted by atomic mass is 19.3. The number of fused-ring (bicyclic) bond motifs is 1. The number of alkyl halides is 2. The van der Waals surface area contributed by atoms with Gasteiger partial charge in [-0.15, -0.1) is 0 Å². The van der Waals surface area contributed by atoms with E-state index in [4.69, 9.17) is 15.2 Å². The van der Waals surface area contributed by atoms with Crippen LogP contribution in [-0.2, 0) is 10.7 Å². The highest BCUT2D eigenvalue weighted by Gasteiger charge is 2.26. The molecule has 4 rings (SSSR count). The summed E-state index contributed by atoms with van der Waals surface area (Å²) in [5.41, 5.74) is 13.0. The van der Waals surface area contributed by atoms with Gasteiger partial charge in [0.25, 0.3) is 5.92 Å². The van der Waals surface area contributed by atoms with Crippen molar-refractivity contribution >= 4 is 22.3 Å². The van der Waals surface area contributed by atoms with Gasteiger partial charge in [0.1, 0.15) is 11.6 Å². The van der Waals surface area contributed by atoms with Crippen molar-refractivity contribution in [2.75, 3.05) is 38.4 Å². The van der Waals surface area contributed by atoms with Gasteiger partial charge in [0.05, 0.1) is 36.7 Å². The van der Waals surface area contributed by atoms with Gasteiger partial charge in [-0.2, -0.15) is 0 Å². The van der Waals surface area contributed by atoms with Crippen molar-refractivity contribution in [1.29, 1.82) is 0 Å². The van der Waals surface area contributed by atoms with E-state index >= 15 is 0 Å². The average molecular weight is 446 g/mol. The molecule has 1 saturated heterocycles. The van der Waals surface area contributed by atoms with Crippen LogP contribution in [-0.4, -0.2) is 43.4 Å². The summed E-state index contributed by atoms with van der Waals surface area (Å²) >= 11 is 0. The molecule has 0 bridgehead atoms. The number of halogens is 2. The number of benzene rings is 2. The topological polar surface area (TPSA) is 108 Å². The second-order valence-corrected chi connectivity index (χ2v) is 7.63. The van der Waals surface area contributed by atoms with Gasteiger partial charge in [0, 0.05) is 41.8 Å². The van der Waals surface area contributed by atoms with Gasteiger partial charge in [0.2, 0.25) is 0 Å². The van der Waals surface area contributed by atoms with Crippen LogP contribution in [0.4, 0.5) is 20.2 Å². The minimum absolute atomic E-state index is 0.156. The molecule has 0 amide bonds. The quantitative estimate of drug-likeness (QED) is 0.508. The predicted octanol–water partition coefficient (Wildman–Crippen LogP) is 4.08. The van der Waals surface area contributed by atoms with Crippen LogP contribution in [0.3, 0.4) is 0 Å². The Morgan fingerprint density at radius 1 is 1.16 bits per heavy atom. The number of aryl methyl sites for hydroxylation is 1. The zero-order valence-corrected chi connectivity index (χ0v) is 18.7. The van der Waals surface area contributed by atoms with E-state index in [2.05, 4.69) is 21.0 Å². The monoisotopic (exact) mass is 445 g/mol. The van der Waals surface area contributed by atoms with Crippen molar-refractivity contribution in [3.63, 3.8) is 0 Å². The van der Waals surface area contributed by atoms with Crippen LogP contribution in [0.2, 0.25) is 0 Å². The van der Waals surface area contributed by atoms with E-state index in [9.17, 15) is 8.78 Å². The van der Waals surface area contributed by atoms with Crippen LogP contribution in [0.5, 0.6) is 5.75 Å². The Labute approximate surface area is 186 Å². The van der Waals surface area contributed by atoms with Crippen molar-refractivity contribution in [3.05, 3.63) is 41.7 Å². The van der Waals surface area contributed by atoms with Gasteiger partial charge in [-0.3, -0.25) is 0 Å². The molecular weight excluding hydrogens is 416 g/mol. The number of hydrogen-bond donors (Lipinski definition) is 3. The lowest BCUT2D eigenvalue weighted by molar-refractivity contribution is 0.0176. The van der Waals surface area contributed by atoms with Crippen LogP contribution in [0.25, 0.3) is 22.2 Å². The second-order valence-electron chi connectivity index (χ2n) is 7.63. The fourth-order valence-corrected chi connectivity index (χ4v) is 3.68. The fourth-order valence-electron chi connectivity index (χ4n) is 3.68. The van der Waals surface area contributed by atoms with Crippen LogP contribution in [0, 0.1) is 6.92 Å². The van der Waals surface area contributed by atoms with Gasteiger partial charge < -0.3 is 26.3 Å². The first kappa shape index (κ1) is 23.6. The number of rotatable bonds is 5. The normalized spacial score (nSPS) is 15.9. The SMILES string of the molecule is CN.COc1cc2nc(C)nc(-c3cc(N)cc(C(C)(F)F)c3)c2cc1NC1CCOC1. The Morgan fingerprint density at radius 3 is 2.53 bits per heavy atom. The number of hydrogen-bond acceptors (Lipinski definition) is 7. The van der Waals surface area contributed by atoms with E-state index in [0.717, 1.165) is 24.4 Å². The molecule has 32 heavy (non-hydrogen) atoms. The van der Waals surface area contributed by atoms with E-state index in [-0.39, 0.29) is 17.3 Å². The molecule has 172 valence electrons. The maximum Gasteiger partial charge on any atom is 0.270 e. The predicted molar refractivity (Wildman–Crippen MR) is 123 cm³/mol. The Balaban J connectivity index is 0.00000141. The first-order chi connectivity index (χ1) is 15.2. The fraction of sp³-hybridized carbons (Fsp3) is 0.391. The Kier molecular flexibility index (Phi) is 7.10. The Bertz CT molecular complexity index is 1100. The molecule has 1 aliphatic heterocycles. The summed E-state index contributed by atoms with van der Waals surface area (Å²) in [5, 5.41) is 4.16. The molecule has 0 radical (unpaired) electrons. The number of methoxy groups -OCH3 is 1. The summed E-state index contributed by atoms with van der Waals surface area (Å²) in [7, 11) is 3.10. The summed E-state index contributed by atoms with van der Waals surface area (Å²) in [6.45, 7) is 3.94. The number of nitrogens with zero attached hydrogens (tertiary/aromatic N) is 2. The average Bonchev–Trinajstić information content (AvgIpc) is 3.26. The van der Waals surface area contributed by atoms with Crippen molar-refractivity contribution < 1.29 is 18.3 Å². The summed E-state index contributed by atoms with van der Waals surface area (Å²) < 4.78 is 39.0. The number of anilines is 2. The maximum atomic E-state index is 14.0. The molecular formula is C23H29F2N5O2. The number of nitrogens with one attached hydrogen (secondary N) is 1. The van der Waals surface area contributed by atoms with Crippen LogP contribution in [0.1, 0.15) is 24.7 Å². The molecule has 3 aromatic rings. The lowest BCUT2D eigenvalue weighted by Gasteiger charge is -2.18. The van der Waals surface area contributed by atoms with Gasteiger partial charge in [-0.25, -0.2) is 18.7 Å². The first-order valence-corrected chi connectivity index (χ1v) is 10.3. The molecule has 9 heteroatoms. The van der Waals surface area contributed by atoms with E-state index in [1.165, 1.54) is 19.2 Å².